The predicted octanol–water partition coefficient (Wildman–Crippen LogP) is 4.22. The third kappa shape index (κ3) is 3.30. The Kier molecular flexibility index (Phi) is 4.68. The average molecular weight is 406 g/mol. The lowest BCUT2D eigenvalue weighted by Gasteiger charge is -2.36. The minimum atomic E-state index is -4.09. The molecule has 0 saturated carbocycles. The van der Waals surface area contributed by atoms with E-state index in [1.165, 1.54) is 42.2 Å². The first-order chi connectivity index (χ1) is 13.9. The Balaban J connectivity index is 1.84. The molecule has 0 aliphatic carbocycles. The van der Waals surface area contributed by atoms with Crippen LogP contribution in [0.1, 0.15) is 22.8 Å². The molecule has 3 aromatic rings. The average Bonchev–Trinajstić information content (AvgIpc) is 2.72. The van der Waals surface area contributed by atoms with Crippen molar-refractivity contribution < 1.29 is 18.0 Å². The largest absolute Gasteiger partial charge is 0.343 e. The molecule has 0 atom stereocenters. The molecular formula is C22H18N2O4S. The summed E-state index contributed by atoms with van der Waals surface area (Å²) in [5, 5.41) is 0. The predicted molar refractivity (Wildman–Crippen MR) is 111 cm³/mol. The number of nitrogens with zero attached hydrogens (tertiary/aromatic N) is 2. The molecule has 29 heavy (non-hydrogen) atoms. The van der Waals surface area contributed by atoms with Gasteiger partial charge in [0.05, 0.1) is 17.9 Å². The molecule has 4 rings (SSSR count). The van der Waals surface area contributed by atoms with Gasteiger partial charge in [0.15, 0.2) is 5.78 Å². The van der Waals surface area contributed by atoms with Crippen LogP contribution >= 0.6 is 0 Å². The van der Waals surface area contributed by atoms with Crippen molar-refractivity contribution in [1.29, 1.82) is 0 Å². The summed E-state index contributed by atoms with van der Waals surface area (Å²) >= 11 is 0. The second kappa shape index (κ2) is 7.18. The summed E-state index contributed by atoms with van der Waals surface area (Å²) in [6.07, 6.45) is 0. The maximum absolute atomic E-state index is 13.3. The standard InChI is InChI=1S/C22H18N2O4S/c1-16(25)18-11-13-19(14-12-18)24-22(26)23(15-17-7-3-2-4-8-17)20-9-5-6-10-21(20)29(24,27)28/h2-14H,15H2,1H3. The molecule has 7 heteroatoms. The topological polar surface area (TPSA) is 74.8 Å². The van der Waals surface area contributed by atoms with Crippen LogP contribution in [0.15, 0.2) is 83.8 Å². The fourth-order valence-electron chi connectivity index (χ4n) is 3.31. The number of rotatable bonds is 4. The van der Waals surface area contributed by atoms with Gasteiger partial charge in [-0.05, 0) is 48.9 Å². The van der Waals surface area contributed by atoms with Crippen LogP contribution in [-0.2, 0) is 16.6 Å². The molecule has 0 N–H and O–H groups in total. The van der Waals surface area contributed by atoms with E-state index in [1.807, 2.05) is 30.3 Å². The van der Waals surface area contributed by atoms with E-state index in [9.17, 15) is 18.0 Å². The summed E-state index contributed by atoms with van der Waals surface area (Å²) in [6.45, 7) is 1.66. The lowest BCUT2D eigenvalue weighted by molar-refractivity contribution is 0.101. The maximum atomic E-state index is 13.3. The van der Waals surface area contributed by atoms with Gasteiger partial charge in [0.1, 0.15) is 4.90 Å². The number of carbonyl (C=O) groups excluding carboxylic acids is 2. The number of hydrogen-bond donors (Lipinski definition) is 0. The molecule has 6 nitrogen and oxygen atoms in total. The molecule has 0 aromatic heterocycles. The number of urea groups is 1. The number of ketones is 1. The van der Waals surface area contributed by atoms with E-state index in [0.29, 0.717) is 11.3 Å². The van der Waals surface area contributed by atoms with Crippen LogP contribution in [0.2, 0.25) is 0 Å². The molecule has 2 amide bonds. The number of Topliss-reactive ketones (excluding diaryl/α,β-unsaturated/α-hetero) is 1. The second-order valence-electron chi connectivity index (χ2n) is 6.69. The number of hydrogen-bond acceptors (Lipinski definition) is 4. The Morgan fingerprint density at radius 1 is 0.862 bits per heavy atom. The first-order valence-electron chi connectivity index (χ1n) is 9.00. The third-order valence-corrected chi connectivity index (χ3v) is 6.52. The van der Waals surface area contributed by atoms with E-state index < -0.39 is 16.1 Å². The number of anilines is 2. The van der Waals surface area contributed by atoms with Gasteiger partial charge in [-0.15, -0.1) is 0 Å². The number of amides is 2. The van der Waals surface area contributed by atoms with Crippen molar-refractivity contribution in [3.63, 3.8) is 0 Å². The van der Waals surface area contributed by atoms with Crippen molar-refractivity contribution in [3.05, 3.63) is 90.0 Å². The van der Waals surface area contributed by atoms with Gasteiger partial charge < -0.3 is 0 Å². The van der Waals surface area contributed by atoms with Crippen molar-refractivity contribution in [2.75, 3.05) is 9.21 Å². The van der Waals surface area contributed by atoms with Crippen LogP contribution in [0.25, 0.3) is 0 Å². The summed E-state index contributed by atoms with van der Waals surface area (Å²) in [4.78, 5) is 26.4. The van der Waals surface area contributed by atoms with Gasteiger partial charge >= 0.3 is 6.03 Å². The van der Waals surface area contributed by atoms with Crippen LogP contribution in [-0.4, -0.2) is 20.2 Å². The lowest BCUT2D eigenvalue weighted by atomic mass is 10.1. The summed E-state index contributed by atoms with van der Waals surface area (Å²) < 4.78 is 27.3. The van der Waals surface area contributed by atoms with E-state index in [-0.39, 0.29) is 22.9 Å². The normalized spacial score (nSPS) is 15.1. The zero-order chi connectivity index (χ0) is 20.6. The van der Waals surface area contributed by atoms with E-state index >= 15 is 0 Å². The Bertz CT molecular complexity index is 1190. The molecule has 3 aromatic carbocycles. The summed E-state index contributed by atoms with van der Waals surface area (Å²) in [5.74, 6) is -0.138. The smallest absolute Gasteiger partial charge is 0.295 e. The van der Waals surface area contributed by atoms with E-state index in [2.05, 4.69) is 0 Å². The molecule has 0 fully saturated rings. The zero-order valence-electron chi connectivity index (χ0n) is 15.6. The summed E-state index contributed by atoms with van der Waals surface area (Å²) in [7, 11) is -4.09. The van der Waals surface area contributed by atoms with Crippen molar-refractivity contribution >= 4 is 33.2 Å². The fourth-order valence-corrected chi connectivity index (χ4v) is 4.90. The van der Waals surface area contributed by atoms with Gasteiger partial charge in [0, 0.05) is 5.56 Å². The third-order valence-electron chi connectivity index (χ3n) is 4.77. The maximum Gasteiger partial charge on any atom is 0.343 e. The Morgan fingerprint density at radius 3 is 2.14 bits per heavy atom. The summed E-state index contributed by atoms with van der Waals surface area (Å²) in [5.41, 5.74) is 1.85. The molecule has 0 radical (unpaired) electrons. The first-order valence-corrected chi connectivity index (χ1v) is 10.4. The Labute approximate surface area is 169 Å². The SMILES string of the molecule is CC(=O)c1ccc(N2C(=O)N(Cc3ccccc3)c3ccccc3S2(=O)=O)cc1. The van der Waals surface area contributed by atoms with Gasteiger partial charge in [-0.3, -0.25) is 9.69 Å². The minimum Gasteiger partial charge on any atom is -0.295 e. The van der Waals surface area contributed by atoms with E-state index in [0.717, 1.165) is 9.87 Å². The highest BCUT2D eigenvalue weighted by Crippen LogP contribution is 2.37. The first kappa shape index (κ1) is 18.9. The van der Waals surface area contributed by atoms with Crippen molar-refractivity contribution in [1.82, 2.24) is 0 Å². The Morgan fingerprint density at radius 2 is 1.48 bits per heavy atom. The molecule has 1 aliphatic rings. The number of sulfonamides is 1. The van der Waals surface area contributed by atoms with Crippen molar-refractivity contribution in [3.8, 4) is 0 Å². The van der Waals surface area contributed by atoms with Crippen LogP contribution in [0.5, 0.6) is 0 Å². The van der Waals surface area contributed by atoms with Gasteiger partial charge in [0.2, 0.25) is 0 Å². The molecule has 0 unspecified atom stereocenters. The molecule has 146 valence electrons. The number of carbonyl (C=O) groups is 2. The zero-order valence-corrected chi connectivity index (χ0v) is 16.5. The highest BCUT2D eigenvalue weighted by Gasteiger charge is 2.42. The molecule has 0 spiro atoms. The summed E-state index contributed by atoms with van der Waals surface area (Å²) in [6, 6.07) is 21.1. The number of para-hydroxylation sites is 1. The van der Waals surface area contributed by atoms with E-state index in [1.54, 1.807) is 18.2 Å². The molecule has 1 aliphatic heterocycles. The van der Waals surface area contributed by atoms with Gasteiger partial charge in [-0.2, -0.15) is 4.31 Å². The van der Waals surface area contributed by atoms with Crippen LogP contribution in [0.4, 0.5) is 16.2 Å². The second-order valence-corrected chi connectivity index (χ2v) is 8.45. The van der Waals surface area contributed by atoms with Crippen LogP contribution in [0.3, 0.4) is 0 Å². The quantitative estimate of drug-likeness (QED) is 0.608. The van der Waals surface area contributed by atoms with Gasteiger partial charge in [-0.1, -0.05) is 42.5 Å². The van der Waals surface area contributed by atoms with Crippen molar-refractivity contribution in [2.24, 2.45) is 0 Å². The van der Waals surface area contributed by atoms with Crippen LogP contribution < -0.4 is 9.21 Å². The monoisotopic (exact) mass is 406 g/mol. The highest BCUT2D eigenvalue weighted by atomic mass is 32.2. The Hall–Kier alpha value is -3.45. The fraction of sp³-hybridized carbons (Fsp3) is 0.0909. The van der Waals surface area contributed by atoms with Gasteiger partial charge in [0.25, 0.3) is 10.0 Å². The van der Waals surface area contributed by atoms with Crippen LogP contribution in [0, 0.1) is 0 Å². The minimum absolute atomic E-state index is 0.0613. The molecule has 1 heterocycles. The lowest BCUT2D eigenvalue weighted by Crippen LogP contribution is -2.50. The van der Waals surface area contributed by atoms with Gasteiger partial charge in [-0.25, -0.2) is 13.2 Å². The molecular weight excluding hydrogens is 388 g/mol. The van der Waals surface area contributed by atoms with E-state index in [4.69, 9.17) is 0 Å². The molecule has 0 saturated heterocycles. The highest BCUT2D eigenvalue weighted by molar-refractivity contribution is 7.94. The number of benzene rings is 3. The molecule has 0 bridgehead atoms. The number of fused-ring (bicyclic) bond motifs is 1. The van der Waals surface area contributed by atoms with Crippen molar-refractivity contribution in [2.45, 2.75) is 18.4 Å².